The average Bonchev–Trinajstić information content (AvgIpc) is 2.03. The van der Waals surface area contributed by atoms with Gasteiger partial charge in [-0.1, -0.05) is 6.92 Å². The quantitative estimate of drug-likeness (QED) is 0.619. The van der Waals surface area contributed by atoms with E-state index in [4.69, 9.17) is 5.11 Å². The van der Waals surface area contributed by atoms with Crippen molar-refractivity contribution in [3.05, 3.63) is 0 Å². The molecule has 0 aliphatic carbocycles. The van der Waals surface area contributed by atoms with Gasteiger partial charge in [0.1, 0.15) is 0 Å². The van der Waals surface area contributed by atoms with Crippen molar-refractivity contribution in [1.29, 1.82) is 0 Å². The molecule has 0 amide bonds. The number of rotatable bonds is 7. The Morgan fingerprint density at radius 2 is 2.00 bits per heavy atom. The third-order valence-corrected chi connectivity index (χ3v) is 2.32. The Hall–Kier alpha value is 0.130. The molecule has 2 nitrogen and oxygen atoms in total. The molecule has 13 heavy (non-hydrogen) atoms. The van der Waals surface area contributed by atoms with Gasteiger partial charge in [-0.3, -0.25) is 4.90 Å². The monoisotopic (exact) mass is 213 g/mol. The Kier molecular flexibility index (Phi) is 7.60. The van der Waals surface area contributed by atoms with Crippen molar-refractivity contribution in [3.8, 4) is 0 Å². The first-order valence-corrected chi connectivity index (χ1v) is 4.95. The zero-order valence-electron chi connectivity index (χ0n) is 7.79. The Morgan fingerprint density at radius 1 is 1.38 bits per heavy atom. The number of aliphatic hydroxyl groups is 1. The summed E-state index contributed by atoms with van der Waals surface area (Å²) in [5, 5.41) is 8.63. The summed E-state index contributed by atoms with van der Waals surface area (Å²) in [6.45, 7) is 2.48. The summed E-state index contributed by atoms with van der Waals surface area (Å²) < 4.78 is 24.0. The van der Waals surface area contributed by atoms with E-state index < -0.39 is 6.43 Å². The van der Waals surface area contributed by atoms with Crippen LogP contribution in [0.4, 0.5) is 8.78 Å². The first kappa shape index (κ1) is 13.1. The molecule has 80 valence electrons. The Balaban J connectivity index is 3.78. The van der Waals surface area contributed by atoms with Gasteiger partial charge in [-0.05, 0) is 11.7 Å². The van der Waals surface area contributed by atoms with Gasteiger partial charge in [0.25, 0.3) is 6.43 Å². The van der Waals surface area contributed by atoms with Gasteiger partial charge in [0, 0.05) is 13.1 Å². The standard InChI is InChI=1S/C8H17F2NOS/c1-7(6-13)4-11(2-3-12)5-8(9)10/h7-8,12-13H,2-6H2,1H3. The summed E-state index contributed by atoms with van der Waals surface area (Å²) in [6, 6.07) is 0. The van der Waals surface area contributed by atoms with E-state index in [1.807, 2.05) is 6.92 Å². The lowest BCUT2D eigenvalue weighted by molar-refractivity contribution is 0.0729. The fraction of sp³-hybridized carbons (Fsp3) is 1.00. The number of nitrogens with zero attached hydrogens (tertiary/aromatic N) is 1. The molecular weight excluding hydrogens is 196 g/mol. The summed E-state index contributed by atoms with van der Waals surface area (Å²) in [6.07, 6.45) is -2.33. The Labute approximate surface area is 83.3 Å². The fourth-order valence-electron chi connectivity index (χ4n) is 1.09. The maximum Gasteiger partial charge on any atom is 0.251 e. The number of aliphatic hydroxyl groups excluding tert-OH is 1. The minimum Gasteiger partial charge on any atom is -0.395 e. The van der Waals surface area contributed by atoms with Crippen LogP contribution in [0.15, 0.2) is 0 Å². The van der Waals surface area contributed by atoms with Crippen molar-refractivity contribution in [1.82, 2.24) is 4.90 Å². The molecule has 0 radical (unpaired) electrons. The second kappa shape index (κ2) is 7.53. The molecule has 0 rings (SSSR count). The van der Waals surface area contributed by atoms with Crippen LogP contribution in [0, 0.1) is 5.92 Å². The number of hydrogen-bond acceptors (Lipinski definition) is 3. The van der Waals surface area contributed by atoms with E-state index in [0.717, 1.165) is 0 Å². The molecule has 0 aliphatic rings. The van der Waals surface area contributed by atoms with Crippen LogP contribution in [-0.2, 0) is 0 Å². The molecule has 0 heterocycles. The molecule has 0 aromatic carbocycles. The summed E-state index contributed by atoms with van der Waals surface area (Å²) >= 11 is 4.07. The van der Waals surface area contributed by atoms with Gasteiger partial charge in [0.15, 0.2) is 0 Å². The van der Waals surface area contributed by atoms with Crippen LogP contribution >= 0.6 is 12.6 Å². The lowest BCUT2D eigenvalue weighted by atomic mass is 10.2. The van der Waals surface area contributed by atoms with Crippen LogP contribution < -0.4 is 0 Å². The van der Waals surface area contributed by atoms with Gasteiger partial charge < -0.3 is 5.11 Å². The molecule has 0 saturated carbocycles. The van der Waals surface area contributed by atoms with E-state index in [2.05, 4.69) is 12.6 Å². The lowest BCUT2D eigenvalue weighted by Crippen LogP contribution is -2.35. The van der Waals surface area contributed by atoms with Crippen molar-refractivity contribution in [2.75, 3.05) is 32.0 Å². The van der Waals surface area contributed by atoms with Gasteiger partial charge in [-0.25, -0.2) is 8.78 Å². The highest BCUT2D eigenvalue weighted by Crippen LogP contribution is 2.04. The first-order chi connectivity index (χ1) is 6.10. The van der Waals surface area contributed by atoms with E-state index in [1.165, 1.54) is 0 Å². The number of alkyl halides is 2. The molecule has 0 fully saturated rings. The van der Waals surface area contributed by atoms with Crippen LogP contribution in [0.5, 0.6) is 0 Å². The van der Waals surface area contributed by atoms with E-state index in [0.29, 0.717) is 18.8 Å². The lowest BCUT2D eigenvalue weighted by Gasteiger charge is -2.23. The fourth-order valence-corrected chi connectivity index (χ4v) is 1.21. The topological polar surface area (TPSA) is 23.5 Å². The number of hydrogen-bond donors (Lipinski definition) is 2. The molecule has 1 N–H and O–H groups in total. The highest BCUT2D eigenvalue weighted by molar-refractivity contribution is 7.80. The van der Waals surface area contributed by atoms with Crippen molar-refractivity contribution in [3.63, 3.8) is 0 Å². The second-order valence-electron chi connectivity index (χ2n) is 3.16. The van der Waals surface area contributed by atoms with Crippen LogP contribution in [-0.4, -0.2) is 48.4 Å². The summed E-state index contributed by atoms with van der Waals surface area (Å²) in [4.78, 5) is 1.56. The van der Waals surface area contributed by atoms with Crippen LogP contribution in [0.1, 0.15) is 6.92 Å². The minimum absolute atomic E-state index is 0.0774. The molecule has 0 aliphatic heterocycles. The predicted molar refractivity (Wildman–Crippen MR) is 52.5 cm³/mol. The van der Waals surface area contributed by atoms with Gasteiger partial charge in [0.2, 0.25) is 0 Å². The first-order valence-electron chi connectivity index (χ1n) is 4.32. The largest absolute Gasteiger partial charge is 0.395 e. The summed E-state index contributed by atoms with van der Waals surface area (Å²) in [5.41, 5.74) is 0. The second-order valence-corrected chi connectivity index (χ2v) is 3.53. The van der Waals surface area contributed by atoms with E-state index >= 15 is 0 Å². The zero-order valence-corrected chi connectivity index (χ0v) is 8.68. The van der Waals surface area contributed by atoms with E-state index in [-0.39, 0.29) is 19.1 Å². The van der Waals surface area contributed by atoms with Crippen molar-refractivity contribution >= 4 is 12.6 Å². The van der Waals surface area contributed by atoms with Gasteiger partial charge in [-0.2, -0.15) is 12.6 Å². The molecular formula is C8H17F2NOS. The van der Waals surface area contributed by atoms with Crippen molar-refractivity contribution in [2.24, 2.45) is 5.92 Å². The van der Waals surface area contributed by atoms with Crippen molar-refractivity contribution in [2.45, 2.75) is 13.3 Å². The molecule has 0 saturated heterocycles. The normalized spacial score (nSPS) is 14.1. The number of thiol groups is 1. The van der Waals surface area contributed by atoms with Crippen LogP contribution in [0.3, 0.4) is 0 Å². The maximum absolute atomic E-state index is 12.0. The Morgan fingerprint density at radius 3 is 2.38 bits per heavy atom. The highest BCUT2D eigenvalue weighted by atomic mass is 32.1. The summed E-state index contributed by atoms with van der Waals surface area (Å²) in [5.74, 6) is 0.944. The average molecular weight is 213 g/mol. The highest BCUT2D eigenvalue weighted by Gasteiger charge is 2.13. The SMILES string of the molecule is CC(CS)CN(CCO)CC(F)F. The number of halogens is 2. The van der Waals surface area contributed by atoms with Crippen LogP contribution in [0.2, 0.25) is 0 Å². The van der Waals surface area contributed by atoms with Gasteiger partial charge in [0.05, 0.1) is 13.2 Å². The molecule has 1 unspecified atom stereocenters. The summed E-state index contributed by atoms with van der Waals surface area (Å²) in [7, 11) is 0. The van der Waals surface area contributed by atoms with Crippen molar-refractivity contribution < 1.29 is 13.9 Å². The third kappa shape index (κ3) is 7.22. The van der Waals surface area contributed by atoms with Gasteiger partial charge in [-0.15, -0.1) is 0 Å². The predicted octanol–water partition coefficient (Wildman–Crippen LogP) is 1.11. The van der Waals surface area contributed by atoms with E-state index in [9.17, 15) is 8.78 Å². The van der Waals surface area contributed by atoms with E-state index in [1.54, 1.807) is 4.90 Å². The zero-order chi connectivity index (χ0) is 10.3. The smallest absolute Gasteiger partial charge is 0.251 e. The Bertz CT molecular complexity index is 127. The maximum atomic E-state index is 12.0. The molecule has 0 spiro atoms. The molecule has 0 aromatic rings. The third-order valence-electron chi connectivity index (χ3n) is 1.69. The molecule has 0 bridgehead atoms. The molecule has 5 heteroatoms. The minimum atomic E-state index is -2.33. The van der Waals surface area contributed by atoms with Gasteiger partial charge >= 0.3 is 0 Å². The molecule has 1 atom stereocenters. The molecule has 0 aromatic heterocycles. The van der Waals surface area contributed by atoms with Crippen LogP contribution in [0.25, 0.3) is 0 Å².